The van der Waals surface area contributed by atoms with Crippen LogP contribution in [0.5, 0.6) is 0 Å². The molecule has 1 rings (SSSR count). The highest BCUT2D eigenvalue weighted by Crippen LogP contribution is 2.21. The van der Waals surface area contributed by atoms with Crippen LogP contribution >= 0.6 is 15.9 Å². The third-order valence-corrected chi connectivity index (χ3v) is 4.03. The van der Waals surface area contributed by atoms with Gasteiger partial charge in [0.1, 0.15) is 0 Å². The topological polar surface area (TPSA) is 98.5 Å². The van der Waals surface area contributed by atoms with Crippen LogP contribution in [0.3, 0.4) is 0 Å². The number of ether oxygens (including phenoxy) is 6. The Bertz CT molecular complexity index is 511. The lowest BCUT2D eigenvalue weighted by Crippen LogP contribution is -2.18. The third kappa shape index (κ3) is 16.4. The van der Waals surface area contributed by atoms with Crippen molar-refractivity contribution in [1.82, 2.24) is 0 Å². The Kier molecular flexibility index (Phi) is 22.4. The van der Waals surface area contributed by atoms with Gasteiger partial charge in [0.15, 0.2) is 0 Å². The van der Waals surface area contributed by atoms with Crippen LogP contribution in [0.15, 0.2) is 18.2 Å². The largest absolute Gasteiger partial charge is 0.382 e. The molecule has 0 aliphatic heterocycles. The highest BCUT2D eigenvalue weighted by molar-refractivity contribution is 9.09. The lowest BCUT2D eigenvalue weighted by molar-refractivity contribution is -0.386. The van der Waals surface area contributed by atoms with Gasteiger partial charge in [0.2, 0.25) is 0 Å². The van der Waals surface area contributed by atoms with Gasteiger partial charge in [-0.05, 0) is 11.6 Å². The van der Waals surface area contributed by atoms with Crippen molar-refractivity contribution in [2.24, 2.45) is 0 Å². The molecule has 0 aromatic heterocycles. The number of benzene rings is 1. The molecule has 0 bridgehead atoms. The van der Waals surface area contributed by atoms with Crippen LogP contribution in [0, 0.1) is 10.1 Å². The zero-order valence-electron chi connectivity index (χ0n) is 18.1. The molecule has 0 radical (unpaired) electrons. The van der Waals surface area contributed by atoms with Crippen molar-refractivity contribution in [1.29, 1.82) is 0 Å². The van der Waals surface area contributed by atoms with Gasteiger partial charge >= 0.3 is 0 Å². The average molecular weight is 484 g/mol. The van der Waals surface area contributed by atoms with E-state index in [1.165, 1.54) is 13.2 Å². The number of methoxy groups -OCH3 is 6. The van der Waals surface area contributed by atoms with E-state index in [0.717, 1.165) is 10.9 Å². The smallest absolute Gasteiger partial charge is 0.275 e. The van der Waals surface area contributed by atoms with E-state index in [2.05, 4.69) is 25.4 Å². The summed E-state index contributed by atoms with van der Waals surface area (Å²) in [6.45, 7) is 2.65. The van der Waals surface area contributed by atoms with Crippen LogP contribution < -0.4 is 0 Å². The number of hydrogen-bond donors (Lipinski definition) is 0. The minimum atomic E-state index is -0.409. The molecule has 0 N–H and O–H groups in total. The number of nitrogens with zero attached hydrogens (tertiary/aromatic N) is 1. The molecule has 1 atom stereocenters. The summed E-state index contributed by atoms with van der Waals surface area (Å²) in [4.78, 5) is 10.4. The first-order valence-corrected chi connectivity index (χ1v) is 9.87. The van der Waals surface area contributed by atoms with Gasteiger partial charge in [0.25, 0.3) is 5.69 Å². The van der Waals surface area contributed by atoms with E-state index in [-0.39, 0.29) is 18.4 Å². The second kappa shape index (κ2) is 21.6. The van der Waals surface area contributed by atoms with Gasteiger partial charge in [-0.15, -0.1) is 0 Å². The number of nitro benzene ring substituents is 1. The normalized spacial score (nSPS) is 11.0. The summed E-state index contributed by atoms with van der Waals surface area (Å²) in [7, 11) is 9.69. The van der Waals surface area contributed by atoms with Crippen LogP contribution in [0.2, 0.25) is 0 Å². The maximum atomic E-state index is 10.8. The number of halogens is 1. The molecule has 9 nitrogen and oxygen atoms in total. The number of rotatable bonds is 12. The molecule has 170 valence electrons. The first-order chi connectivity index (χ1) is 13.9. The molecule has 0 spiro atoms. The van der Waals surface area contributed by atoms with Crippen molar-refractivity contribution in [3.63, 3.8) is 0 Å². The van der Waals surface area contributed by atoms with E-state index in [1.807, 2.05) is 0 Å². The molecule has 29 heavy (non-hydrogen) atoms. The van der Waals surface area contributed by atoms with E-state index in [0.29, 0.717) is 32.0 Å². The molecule has 0 saturated heterocycles. The maximum absolute atomic E-state index is 10.8. The second-order valence-corrected chi connectivity index (χ2v) is 6.19. The quantitative estimate of drug-likeness (QED) is 0.193. The molecule has 0 aliphatic carbocycles. The minimum Gasteiger partial charge on any atom is -0.382 e. The standard InChI is InChI=1S/C10H13NO4.C5H11BrO2.C4H10O2/c1-14-6-8-3-4-9(7-15-2)10(5-8)11(12)13;1-7-4-5(3-6)8-2;1-5-3-4-6-2/h3-5H,6-7H2,1-2H3;5H,3-4H2,1-2H3;3-4H2,1-2H3. The van der Waals surface area contributed by atoms with Gasteiger partial charge in [-0.2, -0.15) is 0 Å². The van der Waals surface area contributed by atoms with Crippen molar-refractivity contribution >= 4 is 21.6 Å². The third-order valence-electron chi connectivity index (χ3n) is 3.31. The summed E-state index contributed by atoms with van der Waals surface area (Å²) in [5.41, 5.74) is 1.43. The van der Waals surface area contributed by atoms with Crippen molar-refractivity contribution in [3.8, 4) is 0 Å². The average Bonchev–Trinajstić information content (AvgIpc) is 2.72. The van der Waals surface area contributed by atoms with E-state index < -0.39 is 4.92 Å². The Morgan fingerprint density at radius 3 is 1.86 bits per heavy atom. The summed E-state index contributed by atoms with van der Waals surface area (Å²) in [5, 5.41) is 11.6. The van der Waals surface area contributed by atoms with Gasteiger partial charge < -0.3 is 28.4 Å². The minimum absolute atomic E-state index is 0.0754. The van der Waals surface area contributed by atoms with Crippen molar-refractivity contribution in [2.45, 2.75) is 19.3 Å². The Balaban J connectivity index is 0. The van der Waals surface area contributed by atoms with Crippen LogP contribution in [0.1, 0.15) is 11.1 Å². The zero-order valence-corrected chi connectivity index (χ0v) is 19.7. The van der Waals surface area contributed by atoms with Crippen LogP contribution in [-0.4, -0.2) is 78.8 Å². The fourth-order valence-corrected chi connectivity index (χ4v) is 2.29. The Labute approximate surface area is 181 Å². The summed E-state index contributed by atoms with van der Waals surface area (Å²) in [6.07, 6.45) is 0.194. The van der Waals surface area contributed by atoms with E-state index >= 15 is 0 Å². The van der Waals surface area contributed by atoms with E-state index in [4.69, 9.17) is 18.9 Å². The molecule has 0 aliphatic rings. The maximum Gasteiger partial charge on any atom is 0.275 e. The van der Waals surface area contributed by atoms with Crippen molar-refractivity contribution in [2.75, 3.05) is 67.8 Å². The first-order valence-electron chi connectivity index (χ1n) is 8.75. The lowest BCUT2D eigenvalue weighted by atomic mass is 10.1. The van der Waals surface area contributed by atoms with Gasteiger partial charge in [0, 0.05) is 54.1 Å². The highest BCUT2D eigenvalue weighted by atomic mass is 79.9. The predicted octanol–water partition coefficient (Wildman–Crippen LogP) is 3.21. The van der Waals surface area contributed by atoms with Crippen LogP contribution in [-0.2, 0) is 41.6 Å². The Morgan fingerprint density at radius 1 is 0.931 bits per heavy atom. The SMILES string of the molecule is COCC(CBr)OC.COCCOC.COCc1ccc(COC)c([N+](=O)[O-])c1. The lowest BCUT2D eigenvalue weighted by Gasteiger charge is -2.08. The van der Waals surface area contributed by atoms with E-state index in [9.17, 15) is 10.1 Å². The summed E-state index contributed by atoms with van der Waals surface area (Å²) < 4.78 is 28.9. The Morgan fingerprint density at radius 2 is 1.52 bits per heavy atom. The monoisotopic (exact) mass is 483 g/mol. The van der Waals surface area contributed by atoms with Crippen LogP contribution in [0.4, 0.5) is 5.69 Å². The van der Waals surface area contributed by atoms with Gasteiger partial charge in [0.05, 0.1) is 49.6 Å². The highest BCUT2D eigenvalue weighted by Gasteiger charge is 2.13. The fraction of sp³-hybridized carbons (Fsp3) is 0.684. The molecular weight excluding hydrogens is 450 g/mol. The number of hydrogen-bond acceptors (Lipinski definition) is 8. The van der Waals surface area contributed by atoms with Gasteiger partial charge in [-0.1, -0.05) is 22.0 Å². The van der Waals surface area contributed by atoms with Crippen molar-refractivity contribution in [3.05, 3.63) is 39.4 Å². The molecular formula is C19H34BrNO8. The molecule has 0 heterocycles. The second-order valence-electron chi connectivity index (χ2n) is 5.54. The summed E-state index contributed by atoms with van der Waals surface area (Å²) in [6, 6.07) is 5.00. The molecule has 0 amide bonds. The molecule has 10 heteroatoms. The Hall–Kier alpha value is -1.14. The summed E-state index contributed by atoms with van der Waals surface area (Å²) in [5.74, 6) is 0. The van der Waals surface area contributed by atoms with Crippen molar-refractivity contribution < 1.29 is 33.3 Å². The molecule has 1 aromatic rings. The zero-order chi connectivity index (χ0) is 22.5. The predicted molar refractivity (Wildman–Crippen MR) is 115 cm³/mol. The molecule has 0 saturated carbocycles. The van der Waals surface area contributed by atoms with Gasteiger partial charge in [-0.25, -0.2) is 0 Å². The molecule has 0 fully saturated rings. The number of alkyl halides is 1. The molecule has 1 aromatic carbocycles. The van der Waals surface area contributed by atoms with Gasteiger partial charge in [-0.3, -0.25) is 10.1 Å². The van der Waals surface area contributed by atoms with Crippen LogP contribution in [0.25, 0.3) is 0 Å². The van der Waals surface area contributed by atoms with E-state index in [1.54, 1.807) is 47.7 Å². The number of nitro groups is 1. The molecule has 1 unspecified atom stereocenters. The first kappa shape index (κ1) is 30.1. The fourth-order valence-electron chi connectivity index (χ4n) is 1.84. The summed E-state index contributed by atoms with van der Waals surface area (Å²) >= 11 is 3.27.